The maximum absolute atomic E-state index is 5.92. The van der Waals surface area contributed by atoms with E-state index in [1.54, 1.807) is 0 Å². The summed E-state index contributed by atoms with van der Waals surface area (Å²) < 4.78 is 5.92. The summed E-state index contributed by atoms with van der Waals surface area (Å²) in [5, 5.41) is 5.02. The van der Waals surface area contributed by atoms with E-state index in [1.165, 1.54) is 35.9 Å². The summed E-state index contributed by atoms with van der Waals surface area (Å²) in [6, 6.07) is 9.29. The van der Waals surface area contributed by atoms with Gasteiger partial charge >= 0.3 is 0 Å². The molecule has 3 heteroatoms. The molecule has 1 aromatic heterocycles. The van der Waals surface area contributed by atoms with Crippen LogP contribution in [0.25, 0.3) is 10.9 Å². The van der Waals surface area contributed by atoms with E-state index >= 15 is 0 Å². The van der Waals surface area contributed by atoms with Crippen LogP contribution in [0.4, 0.5) is 5.69 Å². The van der Waals surface area contributed by atoms with Crippen molar-refractivity contribution < 1.29 is 4.74 Å². The maximum atomic E-state index is 5.92. The van der Waals surface area contributed by atoms with E-state index in [0.29, 0.717) is 17.6 Å². The summed E-state index contributed by atoms with van der Waals surface area (Å²) in [6.45, 7) is 2.95. The number of H-pyrrole nitrogens is 1. The maximum Gasteiger partial charge on any atom is 0.0670 e. The molecular weight excluding hydrogens is 248 g/mol. The third-order valence-electron chi connectivity index (χ3n) is 5.33. The molecule has 2 aromatic rings. The molecule has 2 atom stereocenters. The van der Waals surface area contributed by atoms with Crippen LogP contribution in [-0.4, -0.2) is 23.7 Å². The number of hydrogen-bond donors (Lipinski definition) is 2. The van der Waals surface area contributed by atoms with Gasteiger partial charge in [-0.2, -0.15) is 0 Å². The van der Waals surface area contributed by atoms with E-state index in [4.69, 9.17) is 4.74 Å². The lowest BCUT2D eigenvalue weighted by Crippen LogP contribution is -2.64. The van der Waals surface area contributed by atoms with Crippen molar-refractivity contribution in [1.29, 1.82) is 0 Å². The zero-order chi connectivity index (χ0) is 13.6. The highest BCUT2D eigenvalue weighted by Gasteiger charge is 2.58. The van der Waals surface area contributed by atoms with Gasteiger partial charge in [-0.3, -0.25) is 0 Å². The summed E-state index contributed by atoms with van der Waals surface area (Å²) >= 11 is 0. The second kappa shape index (κ2) is 4.52. The van der Waals surface area contributed by atoms with E-state index in [1.807, 2.05) is 6.20 Å². The Labute approximate surface area is 119 Å². The minimum atomic E-state index is 0.420. The van der Waals surface area contributed by atoms with Gasteiger partial charge in [0.1, 0.15) is 0 Å². The van der Waals surface area contributed by atoms with Crippen molar-refractivity contribution in [3.05, 3.63) is 30.5 Å². The number of hydrogen-bond acceptors (Lipinski definition) is 2. The van der Waals surface area contributed by atoms with Crippen LogP contribution in [-0.2, 0) is 4.74 Å². The molecule has 2 unspecified atom stereocenters. The molecule has 2 aliphatic carbocycles. The van der Waals surface area contributed by atoms with Crippen molar-refractivity contribution in [2.75, 3.05) is 11.9 Å². The lowest BCUT2D eigenvalue weighted by atomic mass is 9.51. The number of rotatable bonds is 4. The zero-order valence-corrected chi connectivity index (χ0v) is 12.0. The fourth-order valence-corrected chi connectivity index (χ4v) is 3.98. The van der Waals surface area contributed by atoms with Gasteiger partial charge in [0.05, 0.1) is 6.10 Å². The predicted octanol–water partition coefficient (Wildman–Crippen LogP) is 3.93. The first-order valence-electron chi connectivity index (χ1n) is 7.77. The lowest BCUT2D eigenvalue weighted by molar-refractivity contribution is -0.157. The Bertz CT molecular complexity index is 614. The van der Waals surface area contributed by atoms with E-state index in [-0.39, 0.29) is 0 Å². The summed E-state index contributed by atoms with van der Waals surface area (Å²) in [5.74, 6) is 0. The zero-order valence-electron chi connectivity index (χ0n) is 12.0. The van der Waals surface area contributed by atoms with Crippen molar-refractivity contribution >= 4 is 16.6 Å². The topological polar surface area (TPSA) is 37.0 Å². The number of aromatic amines is 1. The van der Waals surface area contributed by atoms with Gasteiger partial charge in [0.25, 0.3) is 0 Å². The molecular formula is C17H22N2O. The largest absolute Gasteiger partial charge is 0.382 e. The number of benzene rings is 1. The van der Waals surface area contributed by atoms with Crippen LogP contribution in [0.3, 0.4) is 0 Å². The van der Waals surface area contributed by atoms with Gasteiger partial charge in [-0.15, -0.1) is 0 Å². The molecule has 2 aliphatic rings. The monoisotopic (exact) mass is 270 g/mol. The molecule has 2 N–H and O–H groups in total. The summed E-state index contributed by atoms with van der Waals surface area (Å²) in [4.78, 5) is 3.24. The molecule has 2 fully saturated rings. The summed E-state index contributed by atoms with van der Waals surface area (Å²) in [6.07, 6.45) is 7.63. The Hall–Kier alpha value is -1.48. The van der Waals surface area contributed by atoms with Crippen LogP contribution >= 0.6 is 0 Å². The lowest BCUT2D eigenvalue weighted by Gasteiger charge is -2.61. The third-order valence-corrected chi connectivity index (χ3v) is 5.33. The Morgan fingerprint density at radius 2 is 2.25 bits per heavy atom. The predicted molar refractivity (Wildman–Crippen MR) is 82.0 cm³/mol. The molecule has 4 rings (SSSR count). The number of aromatic nitrogens is 1. The van der Waals surface area contributed by atoms with Gasteiger partial charge < -0.3 is 15.0 Å². The molecule has 0 radical (unpaired) electrons. The molecule has 1 heterocycles. The Morgan fingerprint density at radius 3 is 3.00 bits per heavy atom. The first-order valence-corrected chi connectivity index (χ1v) is 7.77. The fraction of sp³-hybridized carbons (Fsp3) is 0.529. The van der Waals surface area contributed by atoms with Gasteiger partial charge in [-0.1, -0.05) is 6.42 Å². The number of fused-ring (bicyclic) bond motifs is 1. The third kappa shape index (κ3) is 1.69. The van der Waals surface area contributed by atoms with Crippen LogP contribution in [0.1, 0.15) is 32.6 Å². The van der Waals surface area contributed by atoms with E-state index < -0.39 is 0 Å². The van der Waals surface area contributed by atoms with Crippen molar-refractivity contribution in [3.63, 3.8) is 0 Å². The minimum Gasteiger partial charge on any atom is -0.382 e. The number of anilines is 1. The molecule has 0 saturated heterocycles. The van der Waals surface area contributed by atoms with Crippen LogP contribution in [0.2, 0.25) is 0 Å². The molecule has 0 amide bonds. The fourth-order valence-electron chi connectivity index (χ4n) is 3.98. The Morgan fingerprint density at radius 1 is 1.35 bits per heavy atom. The number of ether oxygens (including phenoxy) is 1. The molecule has 20 heavy (non-hydrogen) atoms. The van der Waals surface area contributed by atoms with Crippen molar-refractivity contribution in [3.8, 4) is 0 Å². The average Bonchev–Trinajstić information content (AvgIpc) is 2.82. The Kier molecular flexibility index (Phi) is 2.77. The van der Waals surface area contributed by atoms with Gasteiger partial charge in [0.15, 0.2) is 0 Å². The van der Waals surface area contributed by atoms with Crippen molar-refractivity contribution in [1.82, 2.24) is 4.98 Å². The quantitative estimate of drug-likeness (QED) is 0.883. The standard InChI is InChI=1S/C17H22N2O/c1-2-20-16-11-15(17(16)7-3-8-17)19-13-4-5-14-12(10-13)6-9-18-14/h4-6,9-10,15-16,18-19H,2-3,7-8,11H2,1H3. The molecule has 1 aromatic carbocycles. The first-order chi connectivity index (χ1) is 9.82. The summed E-state index contributed by atoms with van der Waals surface area (Å²) in [7, 11) is 0. The van der Waals surface area contributed by atoms with Crippen molar-refractivity contribution in [2.24, 2.45) is 5.41 Å². The molecule has 0 aliphatic heterocycles. The highest BCUT2D eigenvalue weighted by atomic mass is 16.5. The van der Waals surface area contributed by atoms with E-state index in [9.17, 15) is 0 Å². The van der Waals surface area contributed by atoms with Gasteiger partial charge in [0, 0.05) is 40.9 Å². The van der Waals surface area contributed by atoms with Crippen LogP contribution < -0.4 is 5.32 Å². The highest BCUT2D eigenvalue weighted by molar-refractivity contribution is 5.83. The molecule has 3 nitrogen and oxygen atoms in total. The van der Waals surface area contributed by atoms with E-state index in [0.717, 1.165) is 13.0 Å². The highest BCUT2D eigenvalue weighted by Crippen LogP contribution is 2.58. The Balaban J connectivity index is 1.51. The smallest absolute Gasteiger partial charge is 0.0670 e. The second-order valence-electron chi connectivity index (χ2n) is 6.24. The molecule has 0 bridgehead atoms. The second-order valence-corrected chi connectivity index (χ2v) is 6.24. The first kappa shape index (κ1) is 12.3. The SMILES string of the molecule is CCOC1CC(Nc2ccc3[nH]ccc3c2)C12CCC2. The van der Waals surface area contributed by atoms with E-state index in [2.05, 4.69) is 41.5 Å². The minimum absolute atomic E-state index is 0.420. The molecule has 1 spiro atoms. The van der Waals surface area contributed by atoms with Gasteiger partial charge in [0.2, 0.25) is 0 Å². The van der Waals surface area contributed by atoms with Crippen molar-refractivity contribution in [2.45, 2.75) is 44.8 Å². The molecule has 106 valence electrons. The number of nitrogens with one attached hydrogen (secondary N) is 2. The van der Waals surface area contributed by atoms with Gasteiger partial charge in [-0.25, -0.2) is 0 Å². The average molecular weight is 270 g/mol. The molecule has 2 saturated carbocycles. The van der Waals surface area contributed by atoms with Crippen LogP contribution in [0.5, 0.6) is 0 Å². The summed E-state index contributed by atoms with van der Waals surface area (Å²) in [5.41, 5.74) is 2.86. The van der Waals surface area contributed by atoms with Gasteiger partial charge in [-0.05, 0) is 50.5 Å². The normalized spacial score (nSPS) is 27.2. The van der Waals surface area contributed by atoms with Crippen LogP contribution in [0, 0.1) is 5.41 Å². The van der Waals surface area contributed by atoms with Crippen LogP contribution in [0.15, 0.2) is 30.5 Å².